The minimum absolute atomic E-state index is 0.208. The first-order chi connectivity index (χ1) is 7.92. The van der Waals surface area contributed by atoms with Crippen LogP contribution in [0, 0.1) is 5.92 Å². The van der Waals surface area contributed by atoms with Crippen molar-refractivity contribution < 1.29 is 4.79 Å². The molecule has 0 bridgehead atoms. The van der Waals surface area contributed by atoms with Gasteiger partial charge in [-0.1, -0.05) is 13.3 Å². The second kappa shape index (κ2) is 5.85. The van der Waals surface area contributed by atoms with E-state index in [2.05, 4.69) is 12.2 Å². The molecule has 1 saturated carbocycles. The molecular weight excluding hydrogens is 212 g/mol. The van der Waals surface area contributed by atoms with Crippen LogP contribution in [0.15, 0.2) is 0 Å². The lowest BCUT2D eigenvalue weighted by molar-refractivity contribution is -0.138. The van der Waals surface area contributed by atoms with Crippen molar-refractivity contribution in [3.63, 3.8) is 0 Å². The third-order valence-corrected chi connectivity index (χ3v) is 4.42. The summed E-state index contributed by atoms with van der Waals surface area (Å²) in [5.41, 5.74) is -0.448. The molecule has 0 atom stereocenters. The number of hydrogen-bond acceptors (Lipinski definition) is 2. The molecule has 17 heavy (non-hydrogen) atoms. The normalized spacial score (nSPS) is 25.7. The maximum absolute atomic E-state index is 12.3. The van der Waals surface area contributed by atoms with Crippen molar-refractivity contribution in [1.29, 1.82) is 0 Å². The summed E-state index contributed by atoms with van der Waals surface area (Å²) >= 11 is 0. The van der Waals surface area contributed by atoms with E-state index in [4.69, 9.17) is 0 Å². The van der Waals surface area contributed by atoms with Crippen LogP contribution in [0.2, 0.25) is 0 Å². The molecule has 0 aliphatic heterocycles. The van der Waals surface area contributed by atoms with Gasteiger partial charge in [-0.25, -0.2) is 0 Å². The second-order valence-corrected chi connectivity index (χ2v) is 5.87. The molecule has 100 valence electrons. The largest absolute Gasteiger partial charge is 0.341 e. The molecule has 0 radical (unpaired) electrons. The Morgan fingerprint density at radius 2 is 1.82 bits per heavy atom. The Morgan fingerprint density at radius 3 is 2.24 bits per heavy atom. The number of amides is 1. The number of likely N-dealkylation sites (N-methyl/N-ethyl adjacent to an activating group) is 2. The Hall–Kier alpha value is -0.570. The van der Waals surface area contributed by atoms with Crippen LogP contribution in [0.3, 0.4) is 0 Å². The van der Waals surface area contributed by atoms with Gasteiger partial charge in [0.25, 0.3) is 0 Å². The topological polar surface area (TPSA) is 32.3 Å². The van der Waals surface area contributed by atoms with Crippen molar-refractivity contribution >= 4 is 5.91 Å². The zero-order chi connectivity index (χ0) is 13.1. The van der Waals surface area contributed by atoms with Crippen LogP contribution in [0.25, 0.3) is 0 Å². The number of carbonyl (C=O) groups excluding carboxylic acids is 1. The van der Waals surface area contributed by atoms with Crippen molar-refractivity contribution in [2.75, 3.05) is 14.1 Å². The molecular formula is C14H28N2O. The molecule has 0 unspecified atom stereocenters. The summed E-state index contributed by atoms with van der Waals surface area (Å²) < 4.78 is 0. The van der Waals surface area contributed by atoms with Crippen LogP contribution in [0.4, 0.5) is 0 Å². The van der Waals surface area contributed by atoms with Crippen molar-refractivity contribution in [1.82, 2.24) is 10.2 Å². The lowest BCUT2D eigenvalue weighted by atomic mass is 9.83. The van der Waals surface area contributed by atoms with Crippen molar-refractivity contribution in [3.8, 4) is 0 Å². The summed E-state index contributed by atoms with van der Waals surface area (Å²) in [6.45, 7) is 6.16. The molecule has 0 aromatic heterocycles. The van der Waals surface area contributed by atoms with E-state index in [-0.39, 0.29) is 5.91 Å². The fraction of sp³-hybridized carbons (Fsp3) is 0.929. The number of nitrogens with one attached hydrogen (secondary N) is 1. The van der Waals surface area contributed by atoms with E-state index in [1.54, 1.807) is 0 Å². The molecule has 1 amide bonds. The first-order valence-electron chi connectivity index (χ1n) is 6.88. The lowest BCUT2D eigenvalue weighted by Crippen LogP contribution is -2.54. The Kier molecular flexibility index (Phi) is 4.99. The maximum atomic E-state index is 12.3. The highest BCUT2D eigenvalue weighted by Crippen LogP contribution is 2.29. The van der Waals surface area contributed by atoms with Crippen LogP contribution in [-0.2, 0) is 4.79 Å². The summed E-state index contributed by atoms with van der Waals surface area (Å²) in [6, 6.07) is 0.443. The van der Waals surface area contributed by atoms with Gasteiger partial charge >= 0.3 is 0 Å². The third kappa shape index (κ3) is 3.44. The average molecular weight is 240 g/mol. The molecule has 1 rings (SSSR count). The van der Waals surface area contributed by atoms with Crippen LogP contribution < -0.4 is 5.32 Å². The summed E-state index contributed by atoms with van der Waals surface area (Å²) in [5.74, 6) is 1.09. The van der Waals surface area contributed by atoms with Gasteiger partial charge in [0.05, 0.1) is 5.54 Å². The van der Waals surface area contributed by atoms with E-state index in [1.165, 1.54) is 32.1 Å². The van der Waals surface area contributed by atoms with Gasteiger partial charge in [-0.15, -0.1) is 0 Å². The van der Waals surface area contributed by atoms with E-state index in [9.17, 15) is 4.79 Å². The Morgan fingerprint density at radius 1 is 1.29 bits per heavy atom. The van der Waals surface area contributed by atoms with Crippen molar-refractivity contribution in [2.24, 2.45) is 5.92 Å². The van der Waals surface area contributed by atoms with E-state index in [0.717, 1.165) is 5.92 Å². The fourth-order valence-electron chi connectivity index (χ4n) is 2.65. The van der Waals surface area contributed by atoms with Gasteiger partial charge in [-0.05, 0) is 52.5 Å². The molecule has 0 saturated heterocycles. The summed E-state index contributed by atoms with van der Waals surface area (Å²) in [6.07, 6.45) is 6.17. The van der Waals surface area contributed by atoms with Gasteiger partial charge in [-0.2, -0.15) is 0 Å². The predicted octanol–water partition coefficient (Wildman–Crippen LogP) is 2.41. The molecule has 1 fully saturated rings. The molecule has 1 aliphatic rings. The molecule has 0 aromatic carbocycles. The molecule has 0 aromatic rings. The van der Waals surface area contributed by atoms with Crippen LogP contribution in [0.5, 0.6) is 0 Å². The number of rotatable bonds is 4. The average Bonchev–Trinajstić information content (AvgIpc) is 2.37. The number of hydrogen-bond donors (Lipinski definition) is 1. The highest BCUT2D eigenvalue weighted by Gasteiger charge is 2.33. The zero-order valence-electron chi connectivity index (χ0n) is 12.0. The SMILES string of the molecule is CCC1CCC(N(C)C(=O)C(C)(C)NC)CC1. The second-order valence-electron chi connectivity index (χ2n) is 5.87. The third-order valence-electron chi connectivity index (χ3n) is 4.42. The van der Waals surface area contributed by atoms with E-state index < -0.39 is 5.54 Å². The Labute approximate surface area is 106 Å². The van der Waals surface area contributed by atoms with Gasteiger partial charge < -0.3 is 10.2 Å². The smallest absolute Gasteiger partial charge is 0.242 e. The first-order valence-corrected chi connectivity index (χ1v) is 6.88. The summed E-state index contributed by atoms with van der Waals surface area (Å²) in [5, 5.41) is 3.09. The van der Waals surface area contributed by atoms with Crippen LogP contribution >= 0.6 is 0 Å². The van der Waals surface area contributed by atoms with Crippen LogP contribution in [0.1, 0.15) is 52.9 Å². The van der Waals surface area contributed by atoms with Crippen molar-refractivity contribution in [3.05, 3.63) is 0 Å². The maximum Gasteiger partial charge on any atom is 0.242 e. The standard InChI is InChI=1S/C14H28N2O/c1-6-11-7-9-12(10-8-11)16(5)13(17)14(2,3)15-4/h11-12,15H,6-10H2,1-5H3. The summed E-state index contributed by atoms with van der Waals surface area (Å²) in [4.78, 5) is 14.3. The van der Waals surface area contributed by atoms with Gasteiger partial charge in [0.15, 0.2) is 0 Å². The highest BCUT2D eigenvalue weighted by molar-refractivity contribution is 5.85. The Balaban J connectivity index is 2.54. The fourth-order valence-corrected chi connectivity index (χ4v) is 2.65. The summed E-state index contributed by atoms with van der Waals surface area (Å²) in [7, 11) is 3.80. The molecule has 1 N–H and O–H groups in total. The number of nitrogens with zero attached hydrogens (tertiary/aromatic N) is 1. The van der Waals surface area contributed by atoms with E-state index in [1.807, 2.05) is 32.8 Å². The molecule has 3 nitrogen and oxygen atoms in total. The monoisotopic (exact) mass is 240 g/mol. The minimum atomic E-state index is -0.448. The first kappa shape index (κ1) is 14.5. The molecule has 0 spiro atoms. The quantitative estimate of drug-likeness (QED) is 0.818. The van der Waals surface area contributed by atoms with E-state index in [0.29, 0.717) is 6.04 Å². The number of carbonyl (C=O) groups is 1. The Bertz CT molecular complexity index is 255. The van der Waals surface area contributed by atoms with Crippen LogP contribution in [-0.4, -0.2) is 36.5 Å². The van der Waals surface area contributed by atoms with Gasteiger partial charge in [0, 0.05) is 13.1 Å². The highest BCUT2D eigenvalue weighted by atomic mass is 16.2. The molecule has 0 heterocycles. The zero-order valence-corrected chi connectivity index (χ0v) is 12.0. The molecule has 3 heteroatoms. The van der Waals surface area contributed by atoms with Gasteiger partial charge in [0.2, 0.25) is 5.91 Å². The predicted molar refractivity (Wildman–Crippen MR) is 71.9 cm³/mol. The lowest BCUT2D eigenvalue weighted by Gasteiger charge is -2.38. The molecule has 1 aliphatic carbocycles. The van der Waals surface area contributed by atoms with Crippen molar-refractivity contribution in [2.45, 2.75) is 64.5 Å². The minimum Gasteiger partial charge on any atom is -0.341 e. The van der Waals surface area contributed by atoms with E-state index >= 15 is 0 Å². The van der Waals surface area contributed by atoms with Gasteiger partial charge in [-0.3, -0.25) is 4.79 Å². The van der Waals surface area contributed by atoms with Gasteiger partial charge in [0.1, 0.15) is 0 Å².